The summed E-state index contributed by atoms with van der Waals surface area (Å²) in [5.41, 5.74) is 0. The highest BCUT2D eigenvalue weighted by Crippen LogP contribution is 2.16. The van der Waals surface area contributed by atoms with E-state index >= 15 is 0 Å². The number of thiophene rings is 1. The second kappa shape index (κ2) is 5.23. The predicted molar refractivity (Wildman–Crippen MR) is 66.1 cm³/mol. The zero-order chi connectivity index (χ0) is 11.4. The highest BCUT2D eigenvalue weighted by molar-refractivity contribution is 9.10. The molecule has 0 fully saturated rings. The second-order valence-corrected chi connectivity index (χ2v) is 4.89. The van der Waals surface area contributed by atoms with Crippen molar-refractivity contribution in [2.24, 2.45) is 0 Å². The maximum Gasteiger partial charge on any atom is 0.210 e. The summed E-state index contributed by atoms with van der Waals surface area (Å²) >= 11 is 4.70. The van der Waals surface area contributed by atoms with E-state index in [9.17, 15) is 4.79 Å². The zero-order valence-electron chi connectivity index (χ0n) is 8.22. The lowest BCUT2D eigenvalue weighted by atomic mass is 10.3. The number of pyridine rings is 1. The van der Waals surface area contributed by atoms with Crippen molar-refractivity contribution in [2.75, 3.05) is 6.61 Å². The summed E-state index contributed by atoms with van der Waals surface area (Å²) in [4.78, 5) is 16.3. The lowest BCUT2D eigenvalue weighted by Gasteiger charge is -2.03. The third-order valence-electron chi connectivity index (χ3n) is 1.85. The number of hydrogen-bond donors (Lipinski definition) is 0. The molecule has 0 aliphatic rings. The molecule has 2 aromatic heterocycles. The fourth-order valence-corrected chi connectivity index (χ4v) is 2.12. The van der Waals surface area contributed by atoms with Crippen LogP contribution in [0.1, 0.15) is 9.67 Å². The summed E-state index contributed by atoms with van der Waals surface area (Å²) in [6.07, 6.45) is 3.24. The maximum atomic E-state index is 11.6. The lowest BCUT2D eigenvalue weighted by Crippen LogP contribution is -2.10. The second-order valence-electron chi connectivity index (χ2n) is 3.03. The minimum atomic E-state index is -0.0185. The summed E-state index contributed by atoms with van der Waals surface area (Å²) in [5.74, 6) is 0.564. The highest BCUT2D eigenvalue weighted by atomic mass is 79.9. The number of hydrogen-bond acceptors (Lipinski definition) is 4. The molecule has 0 saturated carbocycles. The van der Waals surface area contributed by atoms with E-state index in [2.05, 4.69) is 20.9 Å². The molecular formula is C11H8BrNO2S. The SMILES string of the molecule is O=C(COc1cncc(Br)c1)c1cccs1. The van der Waals surface area contributed by atoms with Crippen LogP contribution in [-0.2, 0) is 0 Å². The molecule has 5 heteroatoms. The van der Waals surface area contributed by atoms with Crippen LogP contribution in [0.4, 0.5) is 0 Å². The van der Waals surface area contributed by atoms with E-state index < -0.39 is 0 Å². The Kier molecular flexibility index (Phi) is 3.69. The first-order valence-corrected chi connectivity index (χ1v) is 6.23. The van der Waals surface area contributed by atoms with Gasteiger partial charge in [0.25, 0.3) is 0 Å². The monoisotopic (exact) mass is 297 g/mol. The molecule has 0 N–H and O–H groups in total. The molecule has 0 bridgehead atoms. The summed E-state index contributed by atoms with van der Waals surface area (Å²) in [6.45, 7) is 0.0403. The van der Waals surface area contributed by atoms with Crippen molar-refractivity contribution in [3.8, 4) is 5.75 Å². The molecule has 2 heterocycles. The Hall–Kier alpha value is -1.20. The Morgan fingerprint density at radius 2 is 2.38 bits per heavy atom. The van der Waals surface area contributed by atoms with Gasteiger partial charge in [-0.2, -0.15) is 0 Å². The van der Waals surface area contributed by atoms with Crippen molar-refractivity contribution in [3.05, 3.63) is 45.3 Å². The van der Waals surface area contributed by atoms with Crippen molar-refractivity contribution in [1.82, 2.24) is 4.98 Å². The van der Waals surface area contributed by atoms with Crippen LogP contribution < -0.4 is 4.74 Å². The van der Waals surface area contributed by atoms with E-state index in [1.807, 2.05) is 11.4 Å². The standard InChI is InChI=1S/C11H8BrNO2S/c12-8-4-9(6-13-5-8)15-7-10(14)11-2-1-3-16-11/h1-6H,7H2. The minimum Gasteiger partial charge on any atom is -0.484 e. The molecule has 2 rings (SSSR count). The Labute approximate surface area is 105 Å². The maximum absolute atomic E-state index is 11.6. The first-order valence-electron chi connectivity index (χ1n) is 4.56. The average molecular weight is 298 g/mol. The number of nitrogens with zero attached hydrogens (tertiary/aromatic N) is 1. The molecule has 0 amide bonds. The van der Waals surface area contributed by atoms with Gasteiger partial charge in [0, 0.05) is 10.7 Å². The van der Waals surface area contributed by atoms with Crippen LogP contribution in [0.2, 0.25) is 0 Å². The Morgan fingerprint density at radius 3 is 3.06 bits per heavy atom. The highest BCUT2D eigenvalue weighted by Gasteiger charge is 2.07. The molecule has 82 valence electrons. The first-order chi connectivity index (χ1) is 7.75. The Bertz CT molecular complexity index is 484. The summed E-state index contributed by atoms with van der Waals surface area (Å²) in [6, 6.07) is 5.41. The smallest absolute Gasteiger partial charge is 0.210 e. The number of aromatic nitrogens is 1. The molecule has 16 heavy (non-hydrogen) atoms. The van der Waals surface area contributed by atoms with Crippen LogP contribution in [0.15, 0.2) is 40.4 Å². The van der Waals surface area contributed by atoms with Crippen LogP contribution in [-0.4, -0.2) is 17.4 Å². The van der Waals surface area contributed by atoms with E-state index in [1.165, 1.54) is 11.3 Å². The van der Waals surface area contributed by atoms with E-state index in [0.717, 1.165) is 4.47 Å². The third kappa shape index (κ3) is 2.90. The molecule has 2 aromatic rings. The van der Waals surface area contributed by atoms with E-state index in [0.29, 0.717) is 10.6 Å². The van der Waals surface area contributed by atoms with Crippen molar-refractivity contribution < 1.29 is 9.53 Å². The van der Waals surface area contributed by atoms with Crippen LogP contribution in [0, 0.1) is 0 Å². The van der Waals surface area contributed by atoms with Gasteiger partial charge in [-0.05, 0) is 33.4 Å². The van der Waals surface area contributed by atoms with E-state index in [-0.39, 0.29) is 12.4 Å². The lowest BCUT2D eigenvalue weighted by molar-refractivity contribution is 0.0925. The number of Topliss-reactive ketones (excluding diaryl/α,β-unsaturated/α-hetero) is 1. The van der Waals surface area contributed by atoms with Gasteiger partial charge >= 0.3 is 0 Å². The van der Waals surface area contributed by atoms with Gasteiger partial charge in [0.05, 0.1) is 11.1 Å². The fourth-order valence-electron chi connectivity index (χ4n) is 1.13. The average Bonchev–Trinajstić information content (AvgIpc) is 2.79. The van der Waals surface area contributed by atoms with Crippen molar-refractivity contribution >= 4 is 33.0 Å². The van der Waals surface area contributed by atoms with Crippen LogP contribution >= 0.6 is 27.3 Å². The number of carbonyl (C=O) groups is 1. The summed E-state index contributed by atoms with van der Waals surface area (Å²) in [5, 5.41) is 1.87. The third-order valence-corrected chi connectivity index (χ3v) is 3.19. The molecule has 0 aliphatic heterocycles. The van der Waals surface area contributed by atoms with Gasteiger partial charge in [0.1, 0.15) is 5.75 Å². The largest absolute Gasteiger partial charge is 0.484 e. The molecule has 0 aliphatic carbocycles. The number of ether oxygens (including phenoxy) is 1. The molecule has 0 radical (unpaired) electrons. The molecule has 0 saturated heterocycles. The van der Waals surface area contributed by atoms with Gasteiger partial charge in [0.2, 0.25) is 5.78 Å². The quantitative estimate of drug-likeness (QED) is 0.814. The molecule has 3 nitrogen and oxygen atoms in total. The van der Waals surface area contributed by atoms with Crippen molar-refractivity contribution in [3.63, 3.8) is 0 Å². The molecule has 0 atom stereocenters. The predicted octanol–water partition coefficient (Wildman–Crippen LogP) is 3.17. The zero-order valence-corrected chi connectivity index (χ0v) is 10.6. The number of carbonyl (C=O) groups excluding carboxylic acids is 1. The Balaban J connectivity index is 1.95. The topological polar surface area (TPSA) is 39.2 Å². The van der Waals surface area contributed by atoms with E-state index in [1.54, 1.807) is 24.5 Å². The van der Waals surface area contributed by atoms with Gasteiger partial charge in [-0.1, -0.05) is 6.07 Å². The number of rotatable bonds is 4. The molecule has 0 spiro atoms. The summed E-state index contributed by atoms with van der Waals surface area (Å²) < 4.78 is 6.16. The van der Waals surface area contributed by atoms with Gasteiger partial charge < -0.3 is 4.74 Å². The van der Waals surface area contributed by atoms with Crippen LogP contribution in [0.3, 0.4) is 0 Å². The first kappa shape index (κ1) is 11.3. The normalized spacial score (nSPS) is 10.1. The number of ketones is 1. The molecule has 0 aromatic carbocycles. The summed E-state index contributed by atoms with van der Waals surface area (Å²) in [7, 11) is 0. The van der Waals surface area contributed by atoms with E-state index in [4.69, 9.17) is 4.74 Å². The number of halogens is 1. The fraction of sp³-hybridized carbons (Fsp3) is 0.0909. The van der Waals surface area contributed by atoms with Crippen LogP contribution in [0.5, 0.6) is 5.75 Å². The molecule has 0 unspecified atom stereocenters. The van der Waals surface area contributed by atoms with Gasteiger partial charge in [0.15, 0.2) is 6.61 Å². The van der Waals surface area contributed by atoms with Gasteiger partial charge in [-0.15, -0.1) is 11.3 Å². The van der Waals surface area contributed by atoms with Gasteiger partial charge in [-0.25, -0.2) is 0 Å². The van der Waals surface area contributed by atoms with Gasteiger partial charge in [-0.3, -0.25) is 9.78 Å². The van der Waals surface area contributed by atoms with Crippen LogP contribution in [0.25, 0.3) is 0 Å². The Morgan fingerprint density at radius 1 is 1.50 bits per heavy atom. The van der Waals surface area contributed by atoms with Crippen molar-refractivity contribution in [1.29, 1.82) is 0 Å². The van der Waals surface area contributed by atoms with Crippen molar-refractivity contribution in [2.45, 2.75) is 0 Å². The minimum absolute atomic E-state index is 0.0185. The molecular weight excluding hydrogens is 290 g/mol.